The molecule has 1 aliphatic heterocycles. The predicted molar refractivity (Wildman–Crippen MR) is 53.4 cm³/mol. The fraction of sp³-hybridized carbons (Fsp3) is 0.500. The monoisotopic (exact) mass is 200 g/mol. The summed E-state index contributed by atoms with van der Waals surface area (Å²) in [6, 6.07) is 0. The highest BCUT2D eigenvalue weighted by atomic mass is 32.2. The second kappa shape index (κ2) is 4.91. The molecule has 0 aliphatic carbocycles. The Morgan fingerprint density at radius 2 is 2.62 bits per heavy atom. The van der Waals surface area contributed by atoms with Gasteiger partial charge in [0, 0.05) is 12.0 Å². The molecule has 0 fully saturated rings. The van der Waals surface area contributed by atoms with Crippen LogP contribution in [0.1, 0.15) is 13.3 Å². The Morgan fingerprint density at radius 1 is 1.85 bits per heavy atom. The van der Waals surface area contributed by atoms with Crippen LogP contribution in [0.15, 0.2) is 16.8 Å². The minimum absolute atomic E-state index is 0.204. The Hall–Kier alpha value is -0.970. The zero-order chi connectivity index (χ0) is 9.68. The van der Waals surface area contributed by atoms with Crippen LogP contribution in [0.4, 0.5) is 0 Å². The van der Waals surface area contributed by atoms with Crippen LogP contribution in [-0.2, 0) is 9.53 Å². The highest BCUT2D eigenvalue weighted by molar-refractivity contribution is 8.14. The smallest absolute Gasteiger partial charge is 0.309 e. The van der Waals surface area contributed by atoms with E-state index < -0.39 is 0 Å². The van der Waals surface area contributed by atoms with Gasteiger partial charge in [0.1, 0.15) is 0 Å². The summed E-state index contributed by atoms with van der Waals surface area (Å²) in [6.45, 7) is 2.21. The van der Waals surface area contributed by atoms with Crippen LogP contribution in [0.3, 0.4) is 0 Å². The van der Waals surface area contributed by atoms with Crippen LogP contribution in [-0.4, -0.2) is 23.5 Å². The molecule has 0 aromatic heterocycles. The Balaban J connectivity index is 2.42. The van der Waals surface area contributed by atoms with Gasteiger partial charge in [0.05, 0.1) is 13.0 Å². The van der Waals surface area contributed by atoms with E-state index in [9.17, 15) is 4.79 Å². The first kappa shape index (κ1) is 10.1. The van der Waals surface area contributed by atoms with Gasteiger partial charge in [0.2, 0.25) is 0 Å². The maximum absolute atomic E-state index is 11.0. The molecule has 1 heterocycles. The van der Waals surface area contributed by atoms with Crippen LogP contribution in [0, 0.1) is 0 Å². The molecule has 2 N–H and O–H groups in total. The third kappa shape index (κ3) is 3.50. The van der Waals surface area contributed by atoms with Crippen molar-refractivity contribution >= 4 is 22.9 Å². The molecule has 0 aromatic rings. The lowest BCUT2D eigenvalue weighted by molar-refractivity contribution is -0.142. The third-order valence-electron chi connectivity index (χ3n) is 1.46. The molecule has 5 heteroatoms. The van der Waals surface area contributed by atoms with E-state index in [4.69, 9.17) is 10.5 Å². The van der Waals surface area contributed by atoms with Crippen LogP contribution in [0.25, 0.3) is 0 Å². The molecule has 0 saturated heterocycles. The molecule has 4 nitrogen and oxygen atoms in total. The molecule has 72 valence electrons. The standard InChI is InChI=1S/C8H12N2O2S/c1-2-12-7(11)3-6-4-10-8(9)13-5-6/h4H,2-3,5H2,1H3,(H2,9,10). The molecule has 0 radical (unpaired) electrons. The summed E-state index contributed by atoms with van der Waals surface area (Å²) >= 11 is 1.44. The van der Waals surface area contributed by atoms with Gasteiger partial charge in [-0.05, 0) is 12.5 Å². The quantitative estimate of drug-likeness (QED) is 0.687. The molecule has 0 spiro atoms. The summed E-state index contributed by atoms with van der Waals surface area (Å²) in [5.41, 5.74) is 6.39. The number of hydrogen-bond donors (Lipinski definition) is 1. The van der Waals surface area contributed by atoms with E-state index in [-0.39, 0.29) is 5.97 Å². The van der Waals surface area contributed by atoms with Crippen LogP contribution in [0.5, 0.6) is 0 Å². The van der Waals surface area contributed by atoms with Crippen molar-refractivity contribution in [2.75, 3.05) is 12.4 Å². The van der Waals surface area contributed by atoms with Crippen LogP contribution < -0.4 is 5.73 Å². The van der Waals surface area contributed by atoms with E-state index in [0.717, 1.165) is 11.3 Å². The average Bonchev–Trinajstić information content (AvgIpc) is 2.09. The molecule has 0 aromatic carbocycles. The summed E-state index contributed by atoms with van der Waals surface area (Å²) in [5.74, 6) is 0.527. The maximum atomic E-state index is 11.0. The van der Waals surface area contributed by atoms with Crippen molar-refractivity contribution in [2.24, 2.45) is 10.7 Å². The summed E-state index contributed by atoms with van der Waals surface area (Å²) < 4.78 is 4.80. The van der Waals surface area contributed by atoms with Crippen molar-refractivity contribution < 1.29 is 9.53 Å². The fourth-order valence-corrected chi connectivity index (χ4v) is 1.53. The van der Waals surface area contributed by atoms with Crippen molar-refractivity contribution in [3.8, 4) is 0 Å². The van der Waals surface area contributed by atoms with Crippen molar-refractivity contribution in [3.63, 3.8) is 0 Å². The van der Waals surface area contributed by atoms with Gasteiger partial charge in [-0.1, -0.05) is 11.8 Å². The minimum Gasteiger partial charge on any atom is -0.466 e. The second-order valence-electron chi connectivity index (χ2n) is 2.53. The van der Waals surface area contributed by atoms with E-state index in [0.29, 0.717) is 18.2 Å². The molecule has 0 bridgehead atoms. The van der Waals surface area contributed by atoms with Crippen molar-refractivity contribution in [3.05, 3.63) is 11.8 Å². The van der Waals surface area contributed by atoms with Gasteiger partial charge in [0.25, 0.3) is 0 Å². The molecule has 13 heavy (non-hydrogen) atoms. The van der Waals surface area contributed by atoms with E-state index in [1.807, 2.05) is 0 Å². The number of amidine groups is 1. The van der Waals surface area contributed by atoms with Crippen LogP contribution >= 0.6 is 11.8 Å². The SMILES string of the molecule is CCOC(=O)CC1=CN=C(N)SC1. The Labute approximate surface area is 81.2 Å². The molecular formula is C8H12N2O2S. The number of carbonyl (C=O) groups is 1. The highest BCUT2D eigenvalue weighted by Crippen LogP contribution is 2.16. The number of esters is 1. The minimum atomic E-state index is -0.204. The zero-order valence-corrected chi connectivity index (χ0v) is 8.26. The normalized spacial score (nSPS) is 16.1. The predicted octanol–water partition coefficient (Wildman–Crippen LogP) is 0.885. The van der Waals surface area contributed by atoms with Crippen LogP contribution in [0.2, 0.25) is 0 Å². The number of rotatable bonds is 3. The summed E-state index contributed by atoms with van der Waals surface area (Å²) in [5, 5.41) is 0.549. The Bertz CT molecular complexity index is 261. The molecule has 1 aliphatic rings. The lowest BCUT2D eigenvalue weighted by Gasteiger charge is -2.09. The van der Waals surface area contributed by atoms with Gasteiger partial charge in [-0.25, -0.2) is 4.99 Å². The van der Waals surface area contributed by atoms with Gasteiger partial charge in [-0.3, -0.25) is 4.79 Å². The van der Waals surface area contributed by atoms with Gasteiger partial charge in [0.15, 0.2) is 5.17 Å². The lowest BCUT2D eigenvalue weighted by atomic mass is 10.2. The van der Waals surface area contributed by atoms with E-state index >= 15 is 0 Å². The molecule has 0 amide bonds. The topological polar surface area (TPSA) is 64.7 Å². The first-order valence-corrected chi connectivity index (χ1v) is 5.00. The zero-order valence-electron chi connectivity index (χ0n) is 7.45. The van der Waals surface area contributed by atoms with Crippen molar-refractivity contribution in [1.29, 1.82) is 0 Å². The first-order chi connectivity index (χ1) is 6.22. The van der Waals surface area contributed by atoms with Crippen molar-refractivity contribution in [1.82, 2.24) is 0 Å². The number of ether oxygens (including phenoxy) is 1. The molecule has 0 saturated carbocycles. The fourth-order valence-electron chi connectivity index (χ4n) is 0.890. The maximum Gasteiger partial charge on any atom is 0.309 e. The Kier molecular flexibility index (Phi) is 3.82. The largest absolute Gasteiger partial charge is 0.466 e. The van der Waals surface area contributed by atoms with E-state index in [1.54, 1.807) is 13.1 Å². The number of aliphatic imine (C=N–C) groups is 1. The lowest BCUT2D eigenvalue weighted by Crippen LogP contribution is -2.13. The van der Waals surface area contributed by atoms with E-state index in [1.165, 1.54) is 11.8 Å². The molecular weight excluding hydrogens is 188 g/mol. The number of thioether (sulfide) groups is 1. The number of nitrogens with two attached hydrogens (primary N) is 1. The van der Waals surface area contributed by atoms with E-state index in [2.05, 4.69) is 4.99 Å². The summed E-state index contributed by atoms with van der Waals surface area (Å²) in [6.07, 6.45) is 1.96. The molecule has 1 rings (SSSR count). The van der Waals surface area contributed by atoms with Gasteiger partial charge in [-0.2, -0.15) is 0 Å². The van der Waals surface area contributed by atoms with Gasteiger partial charge >= 0.3 is 5.97 Å². The Morgan fingerprint density at radius 3 is 3.15 bits per heavy atom. The summed E-state index contributed by atoms with van der Waals surface area (Å²) in [4.78, 5) is 15.0. The second-order valence-corrected chi connectivity index (χ2v) is 3.52. The average molecular weight is 200 g/mol. The summed E-state index contributed by atoms with van der Waals surface area (Å²) in [7, 11) is 0. The van der Waals surface area contributed by atoms with Crippen molar-refractivity contribution in [2.45, 2.75) is 13.3 Å². The number of carbonyl (C=O) groups excluding carboxylic acids is 1. The highest BCUT2D eigenvalue weighted by Gasteiger charge is 2.10. The number of nitrogens with zero attached hydrogens (tertiary/aromatic N) is 1. The van der Waals surface area contributed by atoms with Gasteiger partial charge < -0.3 is 10.5 Å². The molecule has 0 atom stereocenters. The number of hydrogen-bond acceptors (Lipinski definition) is 5. The van der Waals surface area contributed by atoms with Gasteiger partial charge in [-0.15, -0.1) is 0 Å². The molecule has 0 unspecified atom stereocenters. The third-order valence-corrected chi connectivity index (χ3v) is 2.37. The first-order valence-electron chi connectivity index (χ1n) is 4.02.